The summed E-state index contributed by atoms with van der Waals surface area (Å²) >= 11 is 0. The third-order valence-electron chi connectivity index (χ3n) is 3.20. The van der Waals surface area contributed by atoms with Crippen LogP contribution in [0.5, 0.6) is 0 Å². The fourth-order valence-electron chi connectivity index (χ4n) is 2.17. The predicted molar refractivity (Wildman–Crippen MR) is 75.1 cm³/mol. The molecule has 0 amide bonds. The van der Waals surface area contributed by atoms with Gasteiger partial charge in [0.2, 0.25) is 0 Å². The van der Waals surface area contributed by atoms with Crippen molar-refractivity contribution in [2.24, 2.45) is 0 Å². The highest BCUT2D eigenvalue weighted by Gasteiger charge is 2.12. The minimum absolute atomic E-state index is 0.0168. The van der Waals surface area contributed by atoms with E-state index in [1.807, 2.05) is 6.07 Å². The van der Waals surface area contributed by atoms with Gasteiger partial charge in [-0.25, -0.2) is 9.18 Å². The third kappa shape index (κ3) is 2.25. The second-order valence-corrected chi connectivity index (χ2v) is 4.60. The van der Waals surface area contributed by atoms with Gasteiger partial charge in [0.25, 0.3) is 0 Å². The Bertz CT molecular complexity index is 934. The smallest absolute Gasteiger partial charge is 0.408 e. The fourth-order valence-corrected chi connectivity index (χ4v) is 2.17. The van der Waals surface area contributed by atoms with Crippen LogP contribution in [0.15, 0.2) is 45.6 Å². The van der Waals surface area contributed by atoms with E-state index >= 15 is 0 Å². The second-order valence-electron chi connectivity index (χ2n) is 4.60. The molecule has 2 aromatic carbocycles. The SMILES string of the molecule is N#Cc1ccc(F)c(Cn2c(=O)oc3cc(N)ccc32)c1. The van der Waals surface area contributed by atoms with Crippen LogP contribution in [0.2, 0.25) is 0 Å². The summed E-state index contributed by atoms with van der Waals surface area (Å²) in [4.78, 5) is 11.9. The molecule has 0 spiro atoms. The molecular weight excluding hydrogens is 273 g/mol. The number of nitrogens with zero attached hydrogens (tertiary/aromatic N) is 2. The molecule has 0 aliphatic heterocycles. The zero-order valence-electron chi connectivity index (χ0n) is 10.8. The Morgan fingerprint density at radius 2 is 2.10 bits per heavy atom. The molecule has 0 fully saturated rings. The van der Waals surface area contributed by atoms with Crippen LogP contribution in [0, 0.1) is 17.1 Å². The topological polar surface area (TPSA) is 85.0 Å². The number of hydrogen-bond donors (Lipinski definition) is 1. The number of rotatable bonds is 2. The van der Waals surface area contributed by atoms with Crippen molar-refractivity contribution >= 4 is 16.8 Å². The Kier molecular flexibility index (Phi) is 2.95. The molecule has 0 saturated carbocycles. The van der Waals surface area contributed by atoms with Crippen LogP contribution in [-0.4, -0.2) is 4.57 Å². The van der Waals surface area contributed by atoms with Gasteiger partial charge in [0.15, 0.2) is 5.58 Å². The van der Waals surface area contributed by atoms with Crippen LogP contribution in [0.4, 0.5) is 10.1 Å². The zero-order chi connectivity index (χ0) is 15.0. The lowest BCUT2D eigenvalue weighted by Crippen LogP contribution is -2.15. The molecule has 3 aromatic rings. The Morgan fingerprint density at radius 1 is 1.29 bits per heavy atom. The van der Waals surface area contributed by atoms with Gasteiger partial charge in [-0.3, -0.25) is 4.57 Å². The lowest BCUT2D eigenvalue weighted by Gasteiger charge is -2.05. The molecule has 21 heavy (non-hydrogen) atoms. The van der Waals surface area contributed by atoms with Crippen molar-refractivity contribution in [1.82, 2.24) is 4.57 Å². The minimum Gasteiger partial charge on any atom is -0.408 e. The Morgan fingerprint density at radius 3 is 2.86 bits per heavy atom. The summed E-state index contributed by atoms with van der Waals surface area (Å²) in [6.07, 6.45) is 0. The van der Waals surface area contributed by atoms with Crippen LogP contribution in [-0.2, 0) is 6.54 Å². The molecule has 1 aromatic heterocycles. The number of hydrogen-bond acceptors (Lipinski definition) is 4. The Balaban J connectivity index is 2.13. The third-order valence-corrected chi connectivity index (χ3v) is 3.20. The molecule has 6 heteroatoms. The lowest BCUT2D eigenvalue weighted by atomic mass is 10.1. The minimum atomic E-state index is -0.600. The summed E-state index contributed by atoms with van der Waals surface area (Å²) in [6, 6.07) is 10.8. The van der Waals surface area contributed by atoms with Crippen LogP contribution in [0.25, 0.3) is 11.1 Å². The predicted octanol–water partition coefficient (Wildman–Crippen LogP) is 2.24. The first-order valence-corrected chi connectivity index (χ1v) is 6.16. The van der Waals surface area contributed by atoms with E-state index in [-0.39, 0.29) is 12.1 Å². The van der Waals surface area contributed by atoms with E-state index < -0.39 is 11.6 Å². The van der Waals surface area contributed by atoms with E-state index in [1.54, 1.807) is 12.1 Å². The Labute approximate surface area is 118 Å². The first-order chi connectivity index (χ1) is 10.1. The summed E-state index contributed by atoms with van der Waals surface area (Å²) < 4.78 is 20.2. The highest BCUT2D eigenvalue weighted by molar-refractivity contribution is 5.76. The van der Waals surface area contributed by atoms with Crippen molar-refractivity contribution in [2.45, 2.75) is 6.54 Å². The molecule has 0 atom stereocenters. The summed E-state index contributed by atoms with van der Waals surface area (Å²) in [7, 11) is 0. The number of nitriles is 1. The van der Waals surface area contributed by atoms with Gasteiger partial charge in [0.1, 0.15) is 5.82 Å². The first-order valence-electron chi connectivity index (χ1n) is 6.16. The van der Waals surface area contributed by atoms with Crippen LogP contribution in [0.3, 0.4) is 0 Å². The number of aromatic nitrogens is 1. The summed E-state index contributed by atoms with van der Waals surface area (Å²) in [5, 5.41) is 8.86. The zero-order valence-corrected chi connectivity index (χ0v) is 10.8. The largest absolute Gasteiger partial charge is 0.420 e. The van der Waals surface area contributed by atoms with Gasteiger partial charge in [-0.2, -0.15) is 5.26 Å². The van der Waals surface area contributed by atoms with Crippen LogP contribution >= 0.6 is 0 Å². The van der Waals surface area contributed by atoms with E-state index in [2.05, 4.69) is 0 Å². The van der Waals surface area contributed by atoms with Gasteiger partial charge in [-0.05, 0) is 30.3 Å². The molecule has 1 heterocycles. The van der Waals surface area contributed by atoms with Gasteiger partial charge in [-0.15, -0.1) is 0 Å². The fraction of sp³-hybridized carbons (Fsp3) is 0.0667. The van der Waals surface area contributed by atoms with Gasteiger partial charge in [0.05, 0.1) is 23.7 Å². The van der Waals surface area contributed by atoms with Crippen molar-refractivity contribution in [3.63, 3.8) is 0 Å². The van der Waals surface area contributed by atoms with Crippen molar-refractivity contribution in [1.29, 1.82) is 5.26 Å². The van der Waals surface area contributed by atoms with E-state index in [4.69, 9.17) is 15.4 Å². The van der Waals surface area contributed by atoms with E-state index in [1.165, 1.54) is 28.8 Å². The van der Waals surface area contributed by atoms with Crippen molar-refractivity contribution < 1.29 is 8.81 Å². The molecule has 0 aliphatic rings. The normalized spacial score (nSPS) is 10.7. The second kappa shape index (κ2) is 4.80. The maximum Gasteiger partial charge on any atom is 0.420 e. The number of anilines is 1. The molecule has 5 nitrogen and oxygen atoms in total. The molecule has 0 saturated heterocycles. The number of fused-ring (bicyclic) bond motifs is 1. The number of nitrogen functional groups attached to an aromatic ring is 1. The molecule has 0 unspecified atom stereocenters. The average molecular weight is 283 g/mol. The highest BCUT2D eigenvalue weighted by atomic mass is 19.1. The first kappa shape index (κ1) is 12.9. The van der Waals surface area contributed by atoms with Crippen molar-refractivity contribution in [3.8, 4) is 6.07 Å². The molecule has 0 bridgehead atoms. The van der Waals surface area contributed by atoms with Crippen LogP contribution < -0.4 is 11.5 Å². The van der Waals surface area contributed by atoms with Gasteiger partial charge in [-0.1, -0.05) is 0 Å². The van der Waals surface area contributed by atoms with Crippen molar-refractivity contribution in [3.05, 3.63) is 63.9 Å². The quantitative estimate of drug-likeness (QED) is 0.731. The molecular formula is C15H10FN3O2. The summed E-state index contributed by atoms with van der Waals surface area (Å²) in [5.41, 5.74) is 7.55. The molecule has 104 valence electrons. The van der Waals surface area contributed by atoms with E-state index in [9.17, 15) is 9.18 Å². The van der Waals surface area contributed by atoms with Crippen molar-refractivity contribution in [2.75, 3.05) is 5.73 Å². The number of halogens is 1. The van der Waals surface area contributed by atoms with E-state index in [0.29, 0.717) is 22.4 Å². The number of nitrogens with two attached hydrogens (primary N) is 1. The molecule has 3 rings (SSSR count). The maximum absolute atomic E-state index is 13.8. The van der Waals surface area contributed by atoms with E-state index in [0.717, 1.165) is 0 Å². The highest BCUT2D eigenvalue weighted by Crippen LogP contribution is 2.18. The summed E-state index contributed by atoms with van der Waals surface area (Å²) in [6.45, 7) is -0.0168. The molecule has 0 aliphatic carbocycles. The maximum atomic E-state index is 13.8. The van der Waals surface area contributed by atoms with Gasteiger partial charge < -0.3 is 10.2 Å². The number of oxazole rings is 1. The monoisotopic (exact) mass is 283 g/mol. The molecule has 0 radical (unpaired) electrons. The lowest BCUT2D eigenvalue weighted by molar-refractivity contribution is 0.512. The average Bonchev–Trinajstić information content (AvgIpc) is 2.76. The standard InChI is InChI=1S/C15H10FN3O2/c16-12-3-1-9(7-17)5-10(12)8-19-13-4-2-11(18)6-14(13)21-15(19)20/h1-6H,8,18H2. The van der Waals surface area contributed by atoms with Crippen LogP contribution in [0.1, 0.15) is 11.1 Å². The van der Waals surface area contributed by atoms with Gasteiger partial charge in [0, 0.05) is 17.3 Å². The van der Waals surface area contributed by atoms with Gasteiger partial charge >= 0.3 is 5.76 Å². The Hall–Kier alpha value is -3.07. The molecule has 2 N–H and O–H groups in total. The summed E-state index contributed by atoms with van der Waals surface area (Å²) in [5.74, 6) is -1.08. The number of benzene rings is 2.